The summed E-state index contributed by atoms with van der Waals surface area (Å²) in [5.74, 6) is 1.71. The van der Waals surface area contributed by atoms with Gasteiger partial charge in [0.1, 0.15) is 18.1 Å². The highest BCUT2D eigenvalue weighted by Crippen LogP contribution is 2.29. The van der Waals surface area contributed by atoms with Crippen LogP contribution >= 0.6 is 0 Å². The molecule has 0 unspecified atom stereocenters. The van der Waals surface area contributed by atoms with Gasteiger partial charge in [-0.1, -0.05) is 0 Å². The van der Waals surface area contributed by atoms with Gasteiger partial charge in [0.15, 0.2) is 0 Å². The van der Waals surface area contributed by atoms with Crippen LogP contribution < -0.4 is 9.47 Å². The van der Waals surface area contributed by atoms with Crippen LogP contribution in [0.25, 0.3) is 21.7 Å². The van der Waals surface area contributed by atoms with Crippen molar-refractivity contribution in [1.29, 1.82) is 0 Å². The van der Waals surface area contributed by atoms with Crippen molar-refractivity contribution < 1.29 is 14.2 Å². The van der Waals surface area contributed by atoms with Crippen molar-refractivity contribution in [2.75, 3.05) is 46.6 Å². The highest BCUT2D eigenvalue weighted by molar-refractivity contribution is 6.06. The summed E-state index contributed by atoms with van der Waals surface area (Å²) >= 11 is 0. The van der Waals surface area contributed by atoms with E-state index in [1.54, 1.807) is 7.11 Å². The first-order valence-electron chi connectivity index (χ1n) is 8.63. The second-order valence-corrected chi connectivity index (χ2v) is 6.19. The zero-order valence-electron chi connectivity index (χ0n) is 14.4. The molecule has 0 bridgehead atoms. The normalized spacial score (nSPS) is 15.6. The zero-order chi connectivity index (χ0) is 17.1. The van der Waals surface area contributed by atoms with Gasteiger partial charge in [-0.3, -0.25) is 9.88 Å². The van der Waals surface area contributed by atoms with E-state index in [9.17, 15) is 0 Å². The van der Waals surface area contributed by atoms with Crippen LogP contribution in [0.3, 0.4) is 0 Å². The smallest absolute Gasteiger partial charge is 0.121 e. The Morgan fingerprint density at radius 3 is 2.68 bits per heavy atom. The van der Waals surface area contributed by atoms with E-state index in [2.05, 4.69) is 28.1 Å². The summed E-state index contributed by atoms with van der Waals surface area (Å²) < 4.78 is 16.6. The Balaban J connectivity index is 1.50. The largest absolute Gasteiger partial charge is 0.497 e. The first-order chi connectivity index (χ1) is 12.3. The Morgan fingerprint density at radius 1 is 1.04 bits per heavy atom. The maximum absolute atomic E-state index is 5.94. The number of pyridine rings is 1. The quantitative estimate of drug-likeness (QED) is 0.669. The fourth-order valence-corrected chi connectivity index (χ4v) is 3.21. The van der Waals surface area contributed by atoms with Crippen LogP contribution in [0.4, 0.5) is 0 Å². The average Bonchev–Trinajstić information content (AvgIpc) is 2.68. The summed E-state index contributed by atoms with van der Waals surface area (Å²) in [5, 5.41) is 3.38. The van der Waals surface area contributed by atoms with Crippen molar-refractivity contribution in [2.45, 2.75) is 0 Å². The predicted molar refractivity (Wildman–Crippen MR) is 98.6 cm³/mol. The minimum atomic E-state index is 0.684. The fourth-order valence-electron chi connectivity index (χ4n) is 3.21. The van der Waals surface area contributed by atoms with Gasteiger partial charge in [0, 0.05) is 42.7 Å². The molecule has 1 fully saturated rings. The third-order valence-electron chi connectivity index (χ3n) is 4.64. The molecule has 4 rings (SSSR count). The molecular weight excluding hydrogens is 316 g/mol. The Labute approximate surface area is 147 Å². The fraction of sp³-hybridized carbons (Fsp3) is 0.350. The van der Waals surface area contributed by atoms with Gasteiger partial charge in [-0.2, -0.15) is 0 Å². The zero-order valence-corrected chi connectivity index (χ0v) is 14.4. The molecule has 130 valence electrons. The van der Waals surface area contributed by atoms with Gasteiger partial charge < -0.3 is 14.2 Å². The first-order valence-corrected chi connectivity index (χ1v) is 8.63. The number of hydrogen-bond acceptors (Lipinski definition) is 5. The van der Waals surface area contributed by atoms with Gasteiger partial charge in [0.05, 0.1) is 25.8 Å². The standard InChI is InChI=1S/C20H22N2O3/c1-23-16-2-5-19-18-4-3-17(12-15(18)14-21-20(19)13-16)25-11-8-22-6-9-24-10-7-22/h2-5,12-14H,6-11H2,1H3. The summed E-state index contributed by atoms with van der Waals surface area (Å²) in [5.41, 5.74) is 0.938. The summed E-state index contributed by atoms with van der Waals surface area (Å²) in [6.45, 7) is 5.22. The maximum Gasteiger partial charge on any atom is 0.121 e. The van der Waals surface area contributed by atoms with Crippen molar-refractivity contribution in [1.82, 2.24) is 9.88 Å². The van der Waals surface area contributed by atoms with Crippen LogP contribution in [-0.4, -0.2) is 56.4 Å². The molecule has 3 aromatic rings. The third-order valence-corrected chi connectivity index (χ3v) is 4.64. The molecule has 0 N–H and O–H groups in total. The molecule has 1 aromatic heterocycles. The van der Waals surface area contributed by atoms with Crippen LogP contribution in [0.2, 0.25) is 0 Å². The lowest BCUT2D eigenvalue weighted by Gasteiger charge is -2.26. The molecule has 0 atom stereocenters. The molecule has 5 heteroatoms. The molecule has 0 radical (unpaired) electrons. The minimum absolute atomic E-state index is 0.684. The number of morpholine rings is 1. The van der Waals surface area contributed by atoms with Gasteiger partial charge in [-0.05, 0) is 35.7 Å². The summed E-state index contributed by atoms with van der Waals surface area (Å²) in [6, 6.07) is 12.2. The van der Waals surface area contributed by atoms with Crippen molar-refractivity contribution in [2.24, 2.45) is 0 Å². The van der Waals surface area contributed by atoms with Gasteiger partial charge >= 0.3 is 0 Å². The molecule has 2 heterocycles. The number of rotatable bonds is 5. The summed E-state index contributed by atoms with van der Waals surface area (Å²) in [6.07, 6.45) is 1.89. The minimum Gasteiger partial charge on any atom is -0.497 e. The van der Waals surface area contributed by atoms with Crippen molar-refractivity contribution in [3.8, 4) is 11.5 Å². The number of ether oxygens (including phenoxy) is 3. The number of nitrogens with zero attached hydrogens (tertiary/aromatic N) is 2. The highest BCUT2D eigenvalue weighted by Gasteiger charge is 2.10. The molecule has 2 aromatic carbocycles. The number of aromatic nitrogens is 1. The van der Waals surface area contributed by atoms with Crippen LogP contribution in [0, 0.1) is 0 Å². The molecule has 25 heavy (non-hydrogen) atoms. The molecule has 1 saturated heterocycles. The first kappa shape index (κ1) is 16.1. The summed E-state index contributed by atoms with van der Waals surface area (Å²) in [7, 11) is 1.67. The molecule has 1 aliphatic rings. The summed E-state index contributed by atoms with van der Waals surface area (Å²) in [4.78, 5) is 6.92. The monoisotopic (exact) mass is 338 g/mol. The Morgan fingerprint density at radius 2 is 1.84 bits per heavy atom. The predicted octanol–water partition coefficient (Wildman–Crippen LogP) is 3.11. The van der Waals surface area contributed by atoms with Crippen LogP contribution in [0.15, 0.2) is 42.6 Å². The van der Waals surface area contributed by atoms with E-state index in [1.165, 1.54) is 5.39 Å². The van der Waals surface area contributed by atoms with E-state index < -0.39 is 0 Å². The van der Waals surface area contributed by atoms with Crippen molar-refractivity contribution in [3.63, 3.8) is 0 Å². The van der Waals surface area contributed by atoms with E-state index in [-0.39, 0.29) is 0 Å². The molecule has 0 amide bonds. The lowest BCUT2D eigenvalue weighted by molar-refractivity contribution is 0.0322. The average molecular weight is 338 g/mol. The third kappa shape index (κ3) is 3.52. The topological polar surface area (TPSA) is 43.8 Å². The molecular formula is C20H22N2O3. The number of benzene rings is 2. The van der Waals surface area contributed by atoms with Crippen LogP contribution in [0.1, 0.15) is 0 Å². The SMILES string of the molecule is COc1ccc2c(c1)ncc1cc(OCCN3CCOCC3)ccc12. The number of fused-ring (bicyclic) bond motifs is 3. The van der Waals surface area contributed by atoms with Gasteiger partial charge in [-0.15, -0.1) is 0 Å². The Kier molecular flexibility index (Phi) is 4.68. The molecule has 0 aliphatic carbocycles. The number of hydrogen-bond donors (Lipinski definition) is 0. The molecule has 0 saturated carbocycles. The molecule has 1 aliphatic heterocycles. The number of methoxy groups -OCH3 is 1. The van der Waals surface area contributed by atoms with Crippen LogP contribution in [0.5, 0.6) is 11.5 Å². The molecule has 5 nitrogen and oxygen atoms in total. The van der Waals surface area contributed by atoms with E-state index in [4.69, 9.17) is 14.2 Å². The van der Waals surface area contributed by atoms with Gasteiger partial charge in [0.2, 0.25) is 0 Å². The van der Waals surface area contributed by atoms with Crippen molar-refractivity contribution in [3.05, 3.63) is 42.6 Å². The van der Waals surface area contributed by atoms with Gasteiger partial charge in [-0.25, -0.2) is 0 Å². The van der Waals surface area contributed by atoms with E-state index >= 15 is 0 Å². The Hall–Kier alpha value is -2.37. The maximum atomic E-state index is 5.94. The Bertz CT molecular complexity index is 875. The molecule has 0 spiro atoms. The lowest BCUT2D eigenvalue weighted by atomic mass is 10.1. The highest BCUT2D eigenvalue weighted by atomic mass is 16.5. The second kappa shape index (κ2) is 7.25. The van der Waals surface area contributed by atoms with E-state index in [0.717, 1.165) is 60.6 Å². The second-order valence-electron chi connectivity index (χ2n) is 6.19. The lowest BCUT2D eigenvalue weighted by Crippen LogP contribution is -2.38. The van der Waals surface area contributed by atoms with Gasteiger partial charge in [0.25, 0.3) is 0 Å². The van der Waals surface area contributed by atoms with Crippen molar-refractivity contribution >= 4 is 21.7 Å². The van der Waals surface area contributed by atoms with E-state index in [1.807, 2.05) is 24.4 Å². The van der Waals surface area contributed by atoms with Crippen LogP contribution in [-0.2, 0) is 4.74 Å². The van der Waals surface area contributed by atoms with E-state index in [0.29, 0.717) is 6.61 Å².